The van der Waals surface area contributed by atoms with Crippen molar-refractivity contribution in [2.24, 2.45) is 5.73 Å². The molecule has 0 radical (unpaired) electrons. The van der Waals surface area contributed by atoms with E-state index in [0.717, 1.165) is 63.2 Å². The first-order valence-electron chi connectivity index (χ1n) is 8.54. The Balaban J connectivity index is 0.00000208. The fourth-order valence-corrected chi connectivity index (χ4v) is 4.42. The predicted molar refractivity (Wildman–Crippen MR) is 103 cm³/mol. The van der Waals surface area contributed by atoms with E-state index in [-0.39, 0.29) is 18.3 Å². The van der Waals surface area contributed by atoms with Crippen molar-refractivity contribution in [3.8, 4) is 0 Å². The number of hydrogen-bond acceptors (Lipinski definition) is 4. The molecule has 1 aromatic carbocycles. The van der Waals surface area contributed by atoms with Crippen molar-refractivity contribution in [1.82, 2.24) is 0 Å². The van der Waals surface area contributed by atoms with Gasteiger partial charge in [-0.3, -0.25) is 4.79 Å². The number of nitrogens with two attached hydrogens (primary N) is 1. The van der Waals surface area contributed by atoms with Crippen LogP contribution in [0.5, 0.6) is 0 Å². The standard InChI is InChI=1S/C18H26N2O2S.ClH/c19-18(8-1-2-9-18)17(21)20-15-5-3-4-14(12-15)13-23-16-6-10-22-11-7-16;/h3-5,12,16H,1-2,6-11,13,19H2,(H,20,21);1H. The first kappa shape index (κ1) is 19.6. The highest BCUT2D eigenvalue weighted by Crippen LogP contribution is 2.29. The molecule has 1 saturated heterocycles. The molecule has 0 aromatic heterocycles. The third-order valence-electron chi connectivity index (χ3n) is 4.79. The summed E-state index contributed by atoms with van der Waals surface area (Å²) in [5.41, 5.74) is 7.65. The van der Waals surface area contributed by atoms with Gasteiger partial charge < -0.3 is 15.8 Å². The van der Waals surface area contributed by atoms with Gasteiger partial charge in [0, 0.05) is 29.9 Å². The molecule has 2 aliphatic rings. The minimum Gasteiger partial charge on any atom is -0.381 e. The largest absolute Gasteiger partial charge is 0.381 e. The predicted octanol–water partition coefficient (Wildman–Crippen LogP) is 3.73. The van der Waals surface area contributed by atoms with E-state index in [9.17, 15) is 4.79 Å². The normalized spacial score (nSPS) is 20.4. The number of carbonyl (C=O) groups excluding carboxylic acids is 1. The summed E-state index contributed by atoms with van der Waals surface area (Å²) in [6.45, 7) is 1.76. The summed E-state index contributed by atoms with van der Waals surface area (Å²) in [6, 6.07) is 8.14. The molecule has 1 aromatic rings. The van der Waals surface area contributed by atoms with E-state index in [4.69, 9.17) is 10.5 Å². The lowest BCUT2D eigenvalue weighted by Crippen LogP contribution is -2.48. The maximum absolute atomic E-state index is 12.4. The van der Waals surface area contributed by atoms with Crippen LogP contribution < -0.4 is 11.1 Å². The number of thioether (sulfide) groups is 1. The van der Waals surface area contributed by atoms with Gasteiger partial charge in [0.15, 0.2) is 0 Å². The van der Waals surface area contributed by atoms with Gasteiger partial charge in [-0.15, -0.1) is 12.4 Å². The fourth-order valence-electron chi connectivity index (χ4n) is 3.28. The molecule has 6 heteroatoms. The molecule has 1 aliphatic heterocycles. The Morgan fingerprint density at radius 1 is 1.29 bits per heavy atom. The van der Waals surface area contributed by atoms with Gasteiger partial charge in [-0.25, -0.2) is 0 Å². The van der Waals surface area contributed by atoms with Crippen molar-refractivity contribution in [2.75, 3.05) is 18.5 Å². The zero-order valence-electron chi connectivity index (χ0n) is 14.0. The van der Waals surface area contributed by atoms with Gasteiger partial charge in [0.2, 0.25) is 5.91 Å². The van der Waals surface area contributed by atoms with Crippen LogP contribution >= 0.6 is 24.2 Å². The average molecular weight is 371 g/mol. The number of rotatable bonds is 5. The van der Waals surface area contributed by atoms with Crippen LogP contribution in [0.15, 0.2) is 24.3 Å². The highest BCUT2D eigenvalue weighted by molar-refractivity contribution is 7.99. The molecule has 0 atom stereocenters. The molecule has 2 fully saturated rings. The summed E-state index contributed by atoms with van der Waals surface area (Å²) < 4.78 is 5.40. The Morgan fingerprint density at radius 3 is 2.71 bits per heavy atom. The quantitative estimate of drug-likeness (QED) is 0.828. The first-order valence-corrected chi connectivity index (χ1v) is 9.59. The molecule has 1 heterocycles. The number of benzene rings is 1. The molecule has 1 saturated carbocycles. The Morgan fingerprint density at radius 2 is 2.00 bits per heavy atom. The maximum atomic E-state index is 12.4. The summed E-state index contributed by atoms with van der Waals surface area (Å²) in [4.78, 5) is 12.4. The molecule has 0 bridgehead atoms. The number of carbonyl (C=O) groups is 1. The van der Waals surface area contributed by atoms with Crippen LogP contribution in [0, 0.1) is 0 Å². The van der Waals surface area contributed by atoms with Gasteiger partial charge in [0.25, 0.3) is 0 Å². The van der Waals surface area contributed by atoms with Gasteiger partial charge in [-0.05, 0) is 43.4 Å². The molecule has 3 N–H and O–H groups in total. The maximum Gasteiger partial charge on any atom is 0.244 e. The zero-order chi connectivity index (χ0) is 16.1. The Hall–Kier alpha value is -0.750. The van der Waals surface area contributed by atoms with Gasteiger partial charge >= 0.3 is 0 Å². The van der Waals surface area contributed by atoms with Gasteiger partial charge in [-0.1, -0.05) is 25.0 Å². The van der Waals surface area contributed by atoms with Crippen molar-refractivity contribution < 1.29 is 9.53 Å². The highest BCUT2D eigenvalue weighted by atomic mass is 35.5. The van der Waals surface area contributed by atoms with Crippen molar-refractivity contribution in [3.05, 3.63) is 29.8 Å². The van der Waals surface area contributed by atoms with Gasteiger partial charge in [0.05, 0.1) is 5.54 Å². The van der Waals surface area contributed by atoms with Crippen LogP contribution in [0.3, 0.4) is 0 Å². The summed E-state index contributed by atoms with van der Waals surface area (Å²) in [5, 5.41) is 3.70. The molecule has 0 spiro atoms. The lowest BCUT2D eigenvalue weighted by molar-refractivity contribution is -0.121. The second-order valence-electron chi connectivity index (χ2n) is 6.64. The summed E-state index contributed by atoms with van der Waals surface area (Å²) in [7, 11) is 0. The van der Waals surface area contributed by atoms with Gasteiger partial charge in [-0.2, -0.15) is 11.8 Å². The Labute approximate surface area is 154 Å². The number of halogens is 1. The third-order valence-corrected chi connectivity index (χ3v) is 6.23. The molecular weight excluding hydrogens is 344 g/mol. The van der Waals surface area contributed by atoms with Crippen molar-refractivity contribution in [3.63, 3.8) is 0 Å². The van der Waals surface area contributed by atoms with E-state index in [1.165, 1.54) is 5.56 Å². The molecule has 1 aliphatic carbocycles. The number of nitrogens with one attached hydrogen (secondary N) is 1. The van der Waals surface area contributed by atoms with Crippen LogP contribution in [-0.2, 0) is 15.3 Å². The zero-order valence-corrected chi connectivity index (χ0v) is 15.6. The van der Waals surface area contributed by atoms with Crippen molar-refractivity contribution >= 4 is 35.8 Å². The minimum absolute atomic E-state index is 0. The van der Waals surface area contributed by atoms with Gasteiger partial charge in [0.1, 0.15) is 0 Å². The average Bonchev–Trinajstić information content (AvgIpc) is 3.02. The van der Waals surface area contributed by atoms with Crippen LogP contribution in [0.25, 0.3) is 0 Å². The lowest BCUT2D eigenvalue weighted by atomic mass is 9.98. The second kappa shape index (κ2) is 9.09. The molecule has 134 valence electrons. The number of amides is 1. The van der Waals surface area contributed by atoms with Crippen LogP contribution in [0.4, 0.5) is 5.69 Å². The van der Waals surface area contributed by atoms with Crippen LogP contribution in [0.2, 0.25) is 0 Å². The van der Waals surface area contributed by atoms with Crippen LogP contribution in [-0.4, -0.2) is 29.9 Å². The highest BCUT2D eigenvalue weighted by Gasteiger charge is 2.36. The fraction of sp³-hybridized carbons (Fsp3) is 0.611. The number of hydrogen-bond donors (Lipinski definition) is 2. The Kier molecular flexibility index (Phi) is 7.41. The minimum atomic E-state index is -0.674. The SMILES string of the molecule is Cl.NC1(C(=O)Nc2cccc(CSC3CCOCC3)c2)CCCC1. The number of ether oxygens (including phenoxy) is 1. The molecule has 3 rings (SSSR count). The van der Waals surface area contributed by atoms with E-state index in [1.807, 2.05) is 23.9 Å². The molecule has 4 nitrogen and oxygen atoms in total. The molecule has 0 unspecified atom stereocenters. The van der Waals surface area contributed by atoms with E-state index < -0.39 is 5.54 Å². The summed E-state index contributed by atoms with van der Waals surface area (Å²) >= 11 is 1.99. The lowest BCUT2D eigenvalue weighted by Gasteiger charge is -2.23. The first-order chi connectivity index (χ1) is 11.2. The summed E-state index contributed by atoms with van der Waals surface area (Å²) in [6.07, 6.45) is 5.95. The van der Waals surface area contributed by atoms with Crippen LogP contribution in [0.1, 0.15) is 44.1 Å². The second-order valence-corrected chi connectivity index (χ2v) is 7.93. The van der Waals surface area contributed by atoms with Crippen molar-refractivity contribution in [1.29, 1.82) is 0 Å². The van der Waals surface area contributed by atoms with Crippen molar-refractivity contribution in [2.45, 2.75) is 55.1 Å². The Bertz CT molecular complexity index is 544. The topological polar surface area (TPSA) is 64.4 Å². The van der Waals surface area contributed by atoms with E-state index >= 15 is 0 Å². The third kappa shape index (κ3) is 5.12. The summed E-state index contributed by atoms with van der Waals surface area (Å²) in [5.74, 6) is 0.937. The number of anilines is 1. The van der Waals surface area contributed by atoms with E-state index in [0.29, 0.717) is 5.25 Å². The van der Waals surface area contributed by atoms with E-state index in [1.54, 1.807) is 0 Å². The van der Waals surface area contributed by atoms with E-state index in [2.05, 4.69) is 17.4 Å². The molecule has 24 heavy (non-hydrogen) atoms. The monoisotopic (exact) mass is 370 g/mol. The smallest absolute Gasteiger partial charge is 0.244 e. The molecule has 1 amide bonds. The molecular formula is C18H27ClN2O2S.